The molecule has 0 unspecified atom stereocenters. The van der Waals surface area contributed by atoms with Crippen LogP contribution in [0.5, 0.6) is 0 Å². The Kier molecular flexibility index (Phi) is 2.80. The van der Waals surface area contributed by atoms with Crippen molar-refractivity contribution in [1.29, 1.82) is 0 Å². The van der Waals surface area contributed by atoms with Crippen LogP contribution in [0, 0.1) is 16.3 Å². The number of halogens is 3. The highest BCUT2D eigenvalue weighted by molar-refractivity contribution is 14.1. The maximum absolute atomic E-state index is 13.2. The van der Waals surface area contributed by atoms with Crippen molar-refractivity contribution >= 4 is 49.6 Å². The number of rotatable bonds is 0. The van der Waals surface area contributed by atoms with Crippen molar-refractivity contribution in [3.8, 4) is 0 Å². The first kappa shape index (κ1) is 11.0. The fourth-order valence-electron chi connectivity index (χ4n) is 1.28. The summed E-state index contributed by atoms with van der Waals surface area (Å²) < 4.78 is 14.9. The predicted molar refractivity (Wildman–Crippen MR) is 67.7 cm³/mol. The minimum atomic E-state index is -0.360. The van der Waals surface area contributed by atoms with Gasteiger partial charge in [0, 0.05) is 0 Å². The molecule has 2 rings (SSSR count). The van der Waals surface area contributed by atoms with Crippen LogP contribution >= 0.6 is 38.7 Å². The molecule has 0 spiro atoms. The highest BCUT2D eigenvalue weighted by Crippen LogP contribution is 2.19. The van der Waals surface area contributed by atoms with Crippen molar-refractivity contribution in [3.63, 3.8) is 0 Å². The molecule has 1 aromatic heterocycles. The van der Waals surface area contributed by atoms with Gasteiger partial charge in [-0.3, -0.25) is 4.79 Å². The molecule has 0 bridgehead atoms. The SMILES string of the molecule is Cc1nc2c(I)c(F)ccc2c(=O)n1Br. The monoisotopic (exact) mass is 382 g/mol. The Morgan fingerprint density at radius 2 is 2.20 bits per heavy atom. The van der Waals surface area contributed by atoms with E-state index in [0.29, 0.717) is 20.3 Å². The number of hydrogen-bond donors (Lipinski definition) is 0. The highest BCUT2D eigenvalue weighted by Gasteiger charge is 2.11. The maximum Gasteiger partial charge on any atom is 0.271 e. The molecule has 0 N–H and O–H groups in total. The molecule has 0 aliphatic carbocycles. The normalized spacial score (nSPS) is 10.9. The van der Waals surface area contributed by atoms with E-state index < -0.39 is 0 Å². The molecule has 0 amide bonds. The van der Waals surface area contributed by atoms with E-state index in [1.807, 2.05) is 22.6 Å². The van der Waals surface area contributed by atoms with Crippen LogP contribution in [-0.4, -0.2) is 8.58 Å². The van der Waals surface area contributed by atoms with Gasteiger partial charge in [-0.1, -0.05) is 0 Å². The summed E-state index contributed by atoms with van der Waals surface area (Å²) in [5.41, 5.74) is 0.184. The molecule has 6 heteroatoms. The van der Waals surface area contributed by atoms with Gasteiger partial charge in [-0.2, -0.15) is 0 Å². The third kappa shape index (κ3) is 1.69. The van der Waals surface area contributed by atoms with E-state index >= 15 is 0 Å². The van der Waals surface area contributed by atoms with E-state index in [2.05, 4.69) is 21.1 Å². The Morgan fingerprint density at radius 1 is 1.53 bits per heavy atom. The van der Waals surface area contributed by atoms with Gasteiger partial charge in [-0.15, -0.1) is 0 Å². The Hall–Kier alpha value is -0.500. The van der Waals surface area contributed by atoms with Crippen LogP contribution in [0.15, 0.2) is 16.9 Å². The van der Waals surface area contributed by atoms with E-state index in [1.54, 1.807) is 6.92 Å². The first-order valence-electron chi connectivity index (χ1n) is 4.06. The molecule has 0 atom stereocenters. The molecule has 1 aromatic carbocycles. The number of fused-ring (bicyclic) bond motifs is 1. The van der Waals surface area contributed by atoms with E-state index in [4.69, 9.17) is 0 Å². The van der Waals surface area contributed by atoms with Gasteiger partial charge in [0.2, 0.25) is 0 Å². The van der Waals surface area contributed by atoms with Crippen molar-refractivity contribution in [2.45, 2.75) is 6.92 Å². The van der Waals surface area contributed by atoms with Gasteiger partial charge < -0.3 is 0 Å². The Balaban J connectivity index is 3.06. The van der Waals surface area contributed by atoms with Crippen molar-refractivity contribution in [2.75, 3.05) is 0 Å². The average molecular weight is 383 g/mol. The molecule has 1 heterocycles. The number of benzene rings is 1. The molecule has 0 aliphatic heterocycles. The zero-order chi connectivity index (χ0) is 11.2. The van der Waals surface area contributed by atoms with Crippen molar-refractivity contribution in [1.82, 2.24) is 8.58 Å². The summed E-state index contributed by atoms with van der Waals surface area (Å²) in [4.78, 5) is 15.9. The molecule has 0 fully saturated rings. The molecule has 0 saturated carbocycles. The van der Waals surface area contributed by atoms with Gasteiger partial charge in [0.15, 0.2) is 0 Å². The molecule has 0 saturated heterocycles. The molecular weight excluding hydrogens is 378 g/mol. The fraction of sp³-hybridized carbons (Fsp3) is 0.111. The topological polar surface area (TPSA) is 34.9 Å². The molecule has 0 aliphatic rings. The van der Waals surface area contributed by atoms with Crippen molar-refractivity contribution in [3.05, 3.63) is 37.7 Å². The fourth-order valence-corrected chi connectivity index (χ4v) is 2.14. The molecule has 0 radical (unpaired) electrons. The van der Waals surface area contributed by atoms with E-state index in [9.17, 15) is 9.18 Å². The lowest BCUT2D eigenvalue weighted by Crippen LogP contribution is -2.17. The lowest BCUT2D eigenvalue weighted by molar-refractivity contribution is 0.622. The Bertz CT molecular complexity index is 611. The van der Waals surface area contributed by atoms with Gasteiger partial charge in [0.25, 0.3) is 5.56 Å². The molecule has 15 heavy (non-hydrogen) atoms. The van der Waals surface area contributed by atoms with Crippen LogP contribution in [0.25, 0.3) is 10.9 Å². The quantitative estimate of drug-likeness (QED) is 0.656. The summed E-state index contributed by atoms with van der Waals surface area (Å²) in [5, 5.41) is 0.406. The predicted octanol–water partition coefficient (Wildman–Crippen LogP) is 2.61. The van der Waals surface area contributed by atoms with Crippen LogP contribution in [-0.2, 0) is 0 Å². The van der Waals surface area contributed by atoms with Gasteiger partial charge in [0.05, 0.1) is 30.6 Å². The second-order valence-electron chi connectivity index (χ2n) is 3.00. The second kappa shape index (κ2) is 3.82. The lowest BCUT2D eigenvalue weighted by Gasteiger charge is -2.04. The highest BCUT2D eigenvalue weighted by atomic mass is 127. The van der Waals surface area contributed by atoms with Gasteiger partial charge >= 0.3 is 0 Å². The van der Waals surface area contributed by atoms with E-state index in [-0.39, 0.29) is 11.4 Å². The summed E-state index contributed by atoms with van der Waals surface area (Å²) in [6, 6.07) is 2.72. The number of aromatic nitrogens is 2. The standard InChI is InChI=1S/C9H5BrFIN2O/c1-4-13-8-5(9(15)14(4)10)2-3-6(11)7(8)12/h2-3H,1H3. The van der Waals surface area contributed by atoms with Crippen LogP contribution in [0.3, 0.4) is 0 Å². The van der Waals surface area contributed by atoms with Crippen molar-refractivity contribution < 1.29 is 4.39 Å². The van der Waals surface area contributed by atoms with Crippen LogP contribution in [0.4, 0.5) is 4.39 Å². The van der Waals surface area contributed by atoms with Crippen LogP contribution in [0.2, 0.25) is 0 Å². The third-order valence-corrected chi connectivity index (χ3v) is 3.90. The van der Waals surface area contributed by atoms with Crippen LogP contribution in [0.1, 0.15) is 5.82 Å². The summed E-state index contributed by atoms with van der Waals surface area (Å²) in [5.74, 6) is 0.137. The molecular formula is C9H5BrFIN2O. The minimum absolute atomic E-state index is 0.226. The first-order chi connectivity index (χ1) is 7.02. The van der Waals surface area contributed by atoms with Gasteiger partial charge in [-0.25, -0.2) is 13.0 Å². The Labute approximate surface area is 107 Å². The lowest BCUT2D eigenvalue weighted by atomic mass is 10.2. The van der Waals surface area contributed by atoms with Gasteiger partial charge in [0.1, 0.15) is 11.6 Å². The van der Waals surface area contributed by atoms with Crippen LogP contribution < -0.4 is 5.56 Å². The second-order valence-corrected chi connectivity index (χ2v) is 4.79. The van der Waals surface area contributed by atoms with E-state index in [0.717, 1.165) is 0 Å². The zero-order valence-corrected chi connectivity index (χ0v) is 11.3. The smallest absolute Gasteiger partial charge is 0.268 e. The molecule has 3 nitrogen and oxygen atoms in total. The largest absolute Gasteiger partial charge is 0.271 e. The number of aryl methyl sites for hydroxylation is 1. The van der Waals surface area contributed by atoms with Gasteiger partial charge in [-0.05, 0) is 41.6 Å². The minimum Gasteiger partial charge on any atom is -0.268 e. The third-order valence-electron chi connectivity index (χ3n) is 2.04. The number of hydrogen-bond acceptors (Lipinski definition) is 2. The van der Waals surface area contributed by atoms with E-state index in [1.165, 1.54) is 15.7 Å². The summed E-state index contributed by atoms with van der Waals surface area (Å²) in [7, 11) is 0. The number of nitrogens with zero attached hydrogens (tertiary/aromatic N) is 2. The average Bonchev–Trinajstić information content (AvgIpc) is 2.21. The Morgan fingerprint density at radius 3 is 2.87 bits per heavy atom. The summed E-state index contributed by atoms with van der Waals surface area (Å²) in [6.07, 6.45) is 0. The van der Waals surface area contributed by atoms with Crippen molar-refractivity contribution in [2.24, 2.45) is 0 Å². The molecule has 2 aromatic rings. The summed E-state index contributed by atoms with van der Waals surface area (Å²) >= 11 is 4.94. The molecule has 78 valence electrons. The zero-order valence-electron chi connectivity index (χ0n) is 7.59. The first-order valence-corrected chi connectivity index (χ1v) is 5.84. The summed E-state index contributed by atoms with van der Waals surface area (Å²) in [6.45, 7) is 1.68. The maximum atomic E-state index is 13.2.